The summed E-state index contributed by atoms with van der Waals surface area (Å²) < 4.78 is 23.6. The zero-order chi connectivity index (χ0) is 18.2. The van der Waals surface area contributed by atoms with E-state index >= 15 is 0 Å². The van der Waals surface area contributed by atoms with Gasteiger partial charge in [0, 0.05) is 0 Å². The van der Waals surface area contributed by atoms with Crippen molar-refractivity contribution < 1.29 is 23.5 Å². The van der Waals surface area contributed by atoms with E-state index in [2.05, 4.69) is 20.3 Å². The highest BCUT2D eigenvalue weighted by Crippen LogP contribution is 2.26. The maximum atomic E-state index is 12.9. The molecule has 0 aliphatic carbocycles. The van der Waals surface area contributed by atoms with Crippen molar-refractivity contribution in [1.29, 1.82) is 0 Å². The number of hydrogen-bond acceptors (Lipinski definition) is 8. The van der Waals surface area contributed by atoms with E-state index in [4.69, 9.17) is 4.74 Å². The number of thioether (sulfide) groups is 1. The summed E-state index contributed by atoms with van der Waals surface area (Å²) in [6.45, 7) is 1.80. The van der Waals surface area contributed by atoms with Crippen LogP contribution in [0.3, 0.4) is 0 Å². The molecular weight excluding hydrogens is 369 g/mol. The summed E-state index contributed by atoms with van der Waals surface area (Å²) in [4.78, 5) is 23.4. The Hall–Kier alpha value is -2.20. The van der Waals surface area contributed by atoms with E-state index in [1.807, 2.05) is 0 Å². The second-order valence-corrected chi connectivity index (χ2v) is 6.90. The molecule has 1 aromatic carbocycles. The number of nitrogens with one attached hydrogen (secondary N) is 1. The number of nitrogens with zero attached hydrogens (tertiary/aromatic N) is 2. The van der Waals surface area contributed by atoms with Gasteiger partial charge >= 0.3 is 5.97 Å². The molecule has 0 unspecified atom stereocenters. The Kier molecular flexibility index (Phi) is 7.14. The minimum Gasteiger partial charge on any atom is -0.481 e. The lowest BCUT2D eigenvalue weighted by Gasteiger charge is -2.16. The molecule has 25 heavy (non-hydrogen) atoms. The van der Waals surface area contributed by atoms with Crippen LogP contribution in [0.15, 0.2) is 28.6 Å². The van der Waals surface area contributed by atoms with Gasteiger partial charge in [-0.2, -0.15) is 0 Å². The van der Waals surface area contributed by atoms with E-state index in [1.165, 1.54) is 43.1 Å². The first kappa shape index (κ1) is 19.1. The molecule has 134 valence electrons. The van der Waals surface area contributed by atoms with Gasteiger partial charge in [-0.15, -0.1) is 10.2 Å². The van der Waals surface area contributed by atoms with Gasteiger partial charge in [-0.3, -0.25) is 14.9 Å². The van der Waals surface area contributed by atoms with E-state index in [0.29, 0.717) is 21.6 Å². The molecule has 0 fully saturated rings. The van der Waals surface area contributed by atoms with Crippen molar-refractivity contribution >= 4 is 40.1 Å². The monoisotopic (exact) mass is 385 g/mol. The maximum Gasteiger partial charge on any atom is 0.316 e. The number of amides is 1. The van der Waals surface area contributed by atoms with E-state index in [0.717, 1.165) is 11.3 Å². The van der Waals surface area contributed by atoms with Crippen LogP contribution in [0.1, 0.15) is 13.3 Å². The summed E-state index contributed by atoms with van der Waals surface area (Å²) in [6, 6.07) is 5.43. The van der Waals surface area contributed by atoms with Crippen LogP contribution < -0.4 is 10.1 Å². The summed E-state index contributed by atoms with van der Waals surface area (Å²) in [5, 5.41) is 10.7. The molecular formula is C15H16FN3O4S2. The van der Waals surface area contributed by atoms with Crippen LogP contribution in [-0.4, -0.2) is 41.0 Å². The van der Waals surface area contributed by atoms with Crippen LogP contribution in [-0.2, 0) is 14.3 Å². The Labute approximate surface area is 151 Å². The molecule has 1 aromatic heterocycles. The Morgan fingerprint density at radius 3 is 2.68 bits per heavy atom. The van der Waals surface area contributed by atoms with Crippen molar-refractivity contribution in [3.63, 3.8) is 0 Å². The van der Waals surface area contributed by atoms with E-state index in [9.17, 15) is 14.0 Å². The van der Waals surface area contributed by atoms with Crippen molar-refractivity contribution in [3.8, 4) is 5.75 Å². The Balaban J connectivity index is 1.91. The highest BCUT2D eigenvalue weighted by molar-refractivity contribution is 8.01. The van der Waals surface area contributed by atoms with Crippen LogP contribution in [0.25, 0.3) is 0 Å². The van der Waals surface area contributed by atoms with Crippen molar-refractivity contribution in [3.05, 3.63) is 30.1 Å². The number of halogens is 1. The average Bonchev–Trinajstić information content (AvgIpc) is 3.06. The van der Waals surface area contributed by atoms with Gasteiger partial charge in [0.2, 0.25) is 5.13 Å². The fourth-order valence-electron chi connectivity index (χ4n) is 1.68. The largest absolute Gasteiger partial charge is 0.481 e. The smallest absolute Gasteiger partial charge is 0.316 e. The normalized spacial score (nSPS) is 11.6. The van der Waals surface area contributed by atoms with Gasteiger partial charge in [0.15, 0.2) is 10.4 Å². The third-order valence-corrected chi connectivity index (χ3v) is 4.88. The molecule has 0 aliphatic heterocycles. The molecule has 1 amide bonds. The quantitative estimate of drug-likeness (QED) is 0.424. The van der Waals surface area contributed by atoms with E-state index in [1.54, 1.807) is 6.92 Å². The number of benzene rings is 1. The number of methoxy groups -OCH3 is 1. The predicted octanol–water partition coefficient (Wildman–Crippen LogP) is 2.74. The van der Waals surface area contributed by atoms with Gasteiger partial charge in [0.25, 0.3) is 5.91 Å². The standard InChI is InChI=1S/C15H16FN3O4S2/c1-3-11(23-10-6-4-9(16)5-7-10)13(21)17-14-18-19-15(25-14)24-8-12(20)22-2/h4-7,11H,3,8H2,1-2H3,(H,17,18,21)/t11-/m1/s1. The van der Waals surface area contributed by atoms with Crippen LogP contribution in [0, 0.1) is 5.82 Å². The highest BCUT2D eigenvalue weighted by atomic mass is 32.2. The van der Waals surface area contributed by atoms with Gasteiger partial charge in [0.05, 0.1) is 12.9 Å². The first-order valence-corrected chi connectivity index (χ1v) is 9.08. The number of esters is 1. The van der Waals surface area contributed by atoms with Crippen molar-refractivity contribution in [2.45, 2.75) is 23.8 Å². The summed E-state index contributed by atoms with van der Waals surface area (Å²) in [5.41, 5.74) is 0. The maximum absolute atomic E-state index is 12.9. The van der Waals surface area contributed by atoms with Gasteiger partial charge < -0.3 is 9.47 Å². The molecule has 7 nitrogen and oxygen atoms in total. The number of ether oxygens (including phenoxy) is 2. The minimum atomic E-state index is -0.750. The molecule has 2 aromatic rings. The Morgan fingerprint density at radius 2 is 2.04 bits per heavy atom. The predicted molar refractivity (Wildman–Crippen MR) is 92.4 cm³/mol. The number of carbonyl (C=O) groups excluding carboxylic acids is 2. The number of aromatic nitrogens is 2. The lowest BCUT2D eigenvalue weighted by atomic mass is 10.2. The molecule has 0 spiro atoms. The second kappa shape index (κ2) is 9.33. The van der Waals surface area contributed by atoms with Gasteiger partial charge in [-0.25, -0.2) is 4.39 Å². The lowest BCUT2D eigenvalue weighted by molar-refractivity contribution is -0.137. The first-order valence-electron chi connectivity index (χ1n) is 7.28. The number of hydrogen-bond donors (Lipinski definition) is 1. The third-order valence-electron chi connectivity index (χ3n) is 2.93. The van der Waals surface area contributed by atoms with E-state index < -0.39 is 6.10 Å². The highest BCUT2D eigenvalue weighted by Gasteiger charge is 2.20. The molecule has 0 aliphatic rings. The molecule has 0 radical (unpaired) electrons. The zero-order valence-corrected chi connectivity index (χ0v) is 15.2. The van der Waals surface area contributed by atoms with Crippen molar-refractivity contribution in [2.75, 3.05) is 18.2 Å². The summed E-state index contributed by atoms with van der Waals surface area (Å²) in [5.74, 6) is -0.618. The molecule has 1 heterocycles. The van der Waals surface area contributed by atoms with Gasteiger partial charge in [-0.1, -0.05) is 30.0 Å². The molecule has 10 heteroatoms. The van der Waals surface area contributed by atoms with Crippen molar-refractivity contribution in [1.82, 2.24) is 10.2 Å². The minimum absolute atomic E-state index is 0.115. The molecule has 0 bridgehead atoms. The molecule has 0 saturated carbocycles. The average molecular weight is 385 g/mol. The summed E-state index contributed by atoms with van der Waals surface area (Å²) >= 11 is 2.32. The number of anilines is 1. The molecule has 1 atom stereocenters. The number of rotatable bonds is 8. The van der Waals surface area contributed by atoms with Gasteiger partial charge in [0.1, 0.15) is 11.6 Å². The van der Waals surface area contributed by atoms with E-state index in [-0.39, 0.29) is 23.4 Å². The van der Waals surface area contributed by atoms with Gasteiger partial charge in [-0.05, 0) is 30.7 Å². The third kappa shape index (κ3) is 5.98. The van der Waals surface area contributed by atoms with Crippen LogP contribution in [0.2, 0.25) is 0 Å². The fourth-order valence-corrected chi connectivity index (χ4v) is 3.27. The van der Waals surface area contributed by atoms with Crippen LogP contribution >= 0.6 is 23.1 Å². The molecule has 1 N–H and O–H groups in total. The summed E-state index contributed by atoms with van der Waals surface area (Å²) in [6.07, 6.45) is -0.327. The fraction of sp³-hybridized carbons (Fsp3) is 0.333. The first-order chi connectivity index (χ1) is 12.0. The SMILES string of the molecule is CC[C@@H](Oc1ccc(F)cc1)C(=O)Nc1nnc(SCC(=O)OC)s1. The van der Waals surface area contributed by atoms with Crippen LogP contribution in [0.5, 0.6) is 5.75 Å². The summed E-state index contributed by atoms with van der Waals surface area (Å²) in [7, 11) is 1.31. The number of carbonyl (C=O) groups is 2. The zero-order valence-electron chi connectivity index (χ0n) is 13.5. The molecule has 0 saturated heterocycles. The lowest BCUT2D eigenvalue weighted by Crippen LogP contribution is -2.32. The second-order valence-electron chi connectivity index (χ2n) is 4.70. The van der Waals surface area contributed by atoms with Crippen LogP contribution in [0.4, 0.5) is 9.52 Å². The Bertz CT molecular complexity index is 724. The topological polar surface area (TPSA) is 90.4 Å². The Morgan fingerprint density at radius 1 is 1.32 bits per heavy atom. The molecule has 2 rings (SSSR count). The van der Waals surface area contributed by atoms with Crippen molar-refractivity contribution in [2.24, 2.45) is 0 Å².